The Kier molecular flexibility index (Phi) is 5.05. The molecule has 4 heteroatoms. The summed E-state index contributed by atoms with van der Waals surface area (Å²) in [7, 11) is -0.738. The van der Waals surface area contributed by atoms with E-state index in [9.17, 15) is 4.21 Å². The number of hydrogen-bond donors (Lipinski definition) is 1. The van der Waals surface area contributed by atoms with Gasteiger partial charge in [0.2, 0.25) is 0 Å². The standard InChI is InChI=1S/C14H21NO2S/c15-13-5-7-14(8-6-13)17-9-10-18(16)11-12-3-1-2-4-12/h5-8,12H,1-4,9-11,15H2. The van der Waals surface area contributed by atoms with Crippen molar-refractivity contribution in [1.82, 2.24) is 0 Å². The van der Waals surface area contributed by atoms with E-state index in [1.54, 1.807) is 0 Å². The maximum Gasteiger partial charge on any atom is 0.119 e. The average Bonchev–Trinajstić information content (AvgIpc) is 2.84. The molecule has 0 bridgehead atoms. The predicted molar refractivity (Wildman–Crippen MR) is 76.2 cm³/mol. The van der Waals surface area contributed by atoms with Crippen LogP contribution in [0, 0.1) is 5.92 Å². The fraction of sp³-hybridized carbons (Fsp3) is 0.571. The number of nitrogen functional groups attached to an aromatic ring is 1. The molecule has 0 heterocycles. The van der Waals surface area contributed by atoms with Crippen LogP contribution in [-0.4, -0.2) is 22.3 Å². The maximum absolute atomic E-state index is 11.9. The summed E-state index contributed by atoms with van der Waals surface area (Å²) in [6, 6.07) is 7.31. The maximum atomic E-state index is 11.9. The van der Waals surface area contributed by atoms with Gasteiger partial charge in [-0.05, 0) is 43.0 Å². The van der Waals surface area contributed by atoms with Crippen molar-refractivity contribution in [3.05, 3.63) is 24.3 Å². The predicted octanol–water partition coefficient (Wildman–Crippen LogP) is 2.59. The fourth-order valence-electron chi connectivity index (χ4n) is 2.34. The van der Waals surface area contributed by atoms with E-state index >= 15 is 0 Å². The average molecular weight is 267 g/mol. The van der Waals surface area contributed by atoms with E-state index in [2.05, 4.69) is 0 Å². The molecule has 100 valence electrons. The van der Waals surface area contributed by atoms with Gasteiger partial charge in [-0.2, -0.15) is 0 Å². The van der Waals surface area contributed by atoms with Crippen LogP contribution in [0.25, 0.3) is 0 Å². The summed E-state index contributed by atoms with van der Waals surface area (Å²) in [6.45, 7) is 0.517. The van der Waals surface area contributed by atoms with E-state index in [1.807, 2.05) is 24.3 Å². The number of ether oxygens (including phenoxy) is 1. The third-order valence-electron chi connectivity index (χ3n) is 3.36. The molecule has 1 aliphatic carbocycles. The van der Waals surface area contributed by atoms with Gasteiger partial charge in [0.1, 0.15) is 5.75 Å². The molecule has 0 spiro atoms. The Balaban J connectivity index is 1.65. The van der Waals surface area contributed by atoms with Gasteiger partial charge in [-0.1, -0.05) is 12.8 Å². The number of anilines is 1. The zero-order valence-corrected chi connectivity index (χ0v) is 11.5. The van der Waals surface area contributed by atoms with Crippen LogP contribution in [-0.2, 0) is 10.8 Å². The molecule has 1 unspecified atom stereocenters. The summed E-state index contributed by atoms with van der Waals surface area (Å²) in [6.07, 6.45) is 5.13. The smallest absolute Gasteiger partial charge is 0.119 e. The van der Waals surface area contributed by atoms with Crippen molar-refractivity contribution in [2.45, 2.75) is 25.7 Å². The van der Waals surface area contributed by atoms with Crippen molar-refractivity contribution in [3.8, 4) is 5.75 Å². The summed E-state index contributed by atoms with van der Waals surface area (Å²) in [5.74, 6) is 2.95. The molecule has 1 atom stereocenters. The lowest BCUT2D eigenvalue weighted by Gasteiger charge is -2.09. The van der Waals surface area contributed by atoms with E-state index in [-0.39, 0.29) is 0 Å². The number of rotatable bonds is 6. The van der Waals surface area contributed by atoms with E-state index in [0.717, 1.165) is 17.2 Å². The molecule has 0 aromatic heterocycles. The normalized spacial score (nSPS) is 17.8. The lowest BCUT2D eigenvalue weighted by atomic mass is 10.1. The Hall–Kier alpha value is -1.03. The van der Waals surface area contributed by atoms with Crippen LogP contribution in [0.15, 0.2) is 24.3 Å². The molecule has 2 N–H and O–H groups in total. The number of nitrogens with two attached hydrogens (primary N) is 1. The van der Waals surface area contributed by atoms with Crippen LogP contribution in [0.1, 0.15) is 25.7 Å². The first-order valence-corrected chi connectivity index (χ1v) is 8.06. The topological polar surface area (TPSA) is 52.3 Å². The Morgan fingerprint density at radius 1 is 1.22 bits per heavy atom. The Morgan fingerprint density at radius 3 is 2.56 bits per heavy atom. The van der Waals surface area contributed by atoms with E-state index < -0.39 is 10.8 Å². The monoisotopic (exact) mass is 267 g/mol. The fourth-order valence-corrected chi connectivity index (χ4v) is 3.63. The molecule has 2 rings (SSSR count). The second kappa shape index (κ2) is 6.78. The lowest BCUT2D eigenvalue weighted by Crippen LogP contribution is -2.15. The Labute approximate surface area is 111 Å². The van der Waals surface area contributed by atoms with Gasteiger partial charge in [0.05, 0.1) is 12.4 Å². The van der Waals surface area contributed by atoms with Gasteiger partial charge in [0.25, 0.3) is 0 Å². The van der Waals surface area contributed by atoms with Gasteiger partial charge < -0.3 is 10.5 Å². The van der Waals surface area contributed by atoms with Crippen LogP contribution >= 0.6 is 0 Å². The molecule has 18 heavy (non-hydrogen) atoms. The van der Waals surface area contributed by atoms with Crippen LogP contribution in [0.2, 0.25) is 0 Å². The van der Waals surface area contributed by atoms with Crippen LogP contribution in [0.3, 0.4) is 0 Å². The third-order valence-corrected chi connectivity index (χ3v) is 4.82. The first-order chi connectivity index (χ1) is 8.74. The van der Waals surface area contributed by atoms with Crippen LogP contribution < -0.4 is 10.5 Å². The lowest BCUT2D eigenvalue weighted by molar-refractivity contribution is 0.342. The summed E-state index contributed by atoms with van der Waals surface area (Å²) in [5, 5.41) is 0. The van der Waals surface area contributed by atoms with Crippen molar-refractivity contribution < 1.29 is 8.95 Å². The largest absolute Gasteiger partial charge is 0.493 e. The van der Waals surface area contributed by atoms with Gasteiger partial charge in [0.15, 0.2) is 0 Å². The summed E-state index contributed by atoms with van der Waals surface area (Å²) in [5.41, 5.74) is 6.32. The molecular formula is C14H21NO2S. The van der Waals surface area contributed by atoms with E-state index in [4.69, 9.17) is 10.5 Å². The van der Waals surface area contributed by atoms with Crippen molar-refractivity contribution in [2.75, 3.05) is 23.8 Å². The van der Waals surface area contributed by atoms with Gasteiger partial charge in [-0.25, -0.2) is 0 Å². The highest BCUT2D eigenvalue weighted by molar-refractivity contribution is 7.85. The molecule has 0 amide bonds. The number of hydrogen-bond acceptors (Lipinski definition) is 3. The van der Waals surface area contributed by atoms with Gasteiger partial charge in [0, 0.05) is 22.2 Å². The second-order valence-electron chi connectivity index (χ2n) is 4.88. The first-order valence-electron chi connectivity index (χ1n) is 6.57. The van der Waals surface area contributed by atoms with Gasteiger partial charge in [-0.15, -0.1) is 0 Å². The highest BCUT2D eigenvalue weighted by Crippen LogP contribution is 2.25. The molecule has 1 aliphatic rings. The minimum atomic E-state index is -0.738. The zero-order chi connectivity index (χ0) is 12.8. The van der Waals surface area contributed by atoms with Crippen molar-refractivity contribution >= 4 is 16.5 Å². The van der Waals surface area contributed by atoms with Crippen LogP contribution in [0.5, 0.6) is 5.75 Å². The zero-order valence-electron chi connectivity index (χ0n) is 10.6. The third kappa shape index (κ3) is 4.33. The molecule has 1 fully saturated rings. The van der Waals surface area contributed by atoms with E-state index in [0.29, 0.717) is 18.3 Å². The SMILES string of the molecule is Nc1ccc(OCCS(=O)CC2CCCC2)cc1. The molecule has 0 aliphatic heterocycles. The summed E-state index contributed by atoms with van der Waals surface area (Å²) >= 11 is 0. The van der Waals surface area contributed by atoms with Crippen molar-refractivity contribution in [2.24, 2.45) is 5.92 Å². The molecule has 1 saturated carbocycles. The molecule has 1 aromatic carbocycles. The molecule has 3 nitrogen and oxygen atoms in total. The van der Waals surface area contributed by atoms with Crippen molar-refractivity contribution in [3.63, 3.8) is 0 Å². The van der Waals surface area contributed by atoms with Crippen LogP contribution in [0.4, 0.5) is 5.69 Å². The van der Waals surface area contributed by atoms with E-state index in [1.165, 1.54) is 25.7 Å². The minimum Gasteiger partial charge on any atom is -0.493 e. The molecule has 1 aromatic rings. The highest BCUT2D eigenvalue weighted by atomic mass is 32.2. The summed E-state index contributed by atoms with van der Waals surface area (Å²) in [4.78, 5) is 0. The first kappa shape index (κ1) is 13.4. The van der Waals surface area contributed by atoms with Crippen molar-refractivity contribution in [1.29, 1.82) is 0 Å². The Bertz CT molecular complexity index is 385. The second-order valence-corrected chi connectivity index (χ2v) is 6.50. The molecule has 0 radical (unpaired) electrons. The molecule has 0 saturated heterocycles. The quantitative estimate of drug-likeness (QED) is 0.806. The van der Waals surface area contributed by atoms with Gasteiger partial charge >= 0.3 is 0 Å². The summed E-state index contributed by atoms with van der Waals surface area (Å²) < 4.78 is 17.4. The molecular weight excluding hydrogens is 246 g/mol. The Morgan fingerprint density at radius 2 is 1.89 bits per heavy atom. The highest BCUT2D eigenvalue weighted by Gasteiger charge is 2.17. The van der Waals surface area contributed by atoms with Gasteiger partial charge in [-0.3, -0.25) is 4.21 Å². The minimum absolute atomic E-state index is 0.517. The number of benzene rings is 1.